The zero-order valence-corrected chi connectivity index (χ0v) is 15.5. The van der Waals surface area contributed by atoms with Crippen LogP contribution in [0.3, 0.4) is 0 Å². The van der Waals surface area contributed by atoms with E-state index in [0.717, 1.165) is 54.7 Å². The highest BCUT2D eigenvalue weighted by Gasteiger charge is 2.27. The molecule has 0 atom stereocenters. The smallest absolute Gasteiger partial charge is 0.141 e. The van der Waals surface area contributed by atoms with Crippen LogP contribution in [0.2, 0.25) is 0 Å². The first-order chi connectivity index (χ1) is 13.3. The molecule has 0 unspecified atom stereocenters. The van der Waals surface area contributed by atoms with Crippen LogP contribution in [0.25, 0.3) is 16.6 Å². The maximum atomic E-state index is 8.85. The number of rotatable bonds is 7. The highest BCUT2D eigenvalue weighted by Crippen LogP contribution is 2.37. The van der Waals surface area contributed by atoms with E-state index >= 15 is 0 Å². The third-order valence-corrected chi connectivity index (χ3v) is 5.73. The molecule has 4 rings (SSSR count). The Kier molecular flexibility index (Phi) is 5.32. The molecule has 0 spiro atoms. The van der Waals surface area contributed by atoms with Crippen LogP contribution in [0.5, 0.6) is 0 Å². The van der Waals surface area contributed by atoms with Gasteiger partial charge in [0.15, 0.2) is 0 Å². The van der Waals surface area contributed by atoms with Crippen LogP contribution in [0.4, 0.5) is 0 Å². The van der Waals surface area contributed by atoms with Gasteiger partial charge in [-0.05, 0) is 37.7 Å². The Labute approximate surface area is 158 Å². The molecule has 142 valence electrons. The number of nitrogens with two attached hydrogens (primary N) is 1. The van der Waals surface area contributed by atoms with Crippen molar-refractivity contribution in [2.45, 2.75) is 38.0 Å². The van der Waals surface area contributed by atoms with Crippen LogP contribution in [0, 0.1) is 17.2 Å². The second-order valence-electron chi connectivity index (χ2n) is 7.47. The fourth-order valence-corrected chi connectivity index (χ4v) is 4.36. The Morgan fingerprint density at radius 3 is 2.93 bits per heavy atom. The van der Waals surface area contributed by atoms with E-state index in [0.29, 0.717) is 24.8 Å². The quantitative estimate of drug-likeness (QED) is 0.662. The zero-order chi connectivity index (χ0) is 18.6. The molecular formula is C19H26N8. The SMILES string of the molecule is N#CCCN(CCN)C[C@H]1CC[C@H](c2nnn3cnc4[nH]ccc4c23)CC1. The Morgan fingerprint density at radius 2 is 2.15 bits per heavy atom. The second-order valence-corrected chi connectivity index (χ2v) is 7.47. The molecule has 1 fully saturated rings. The maximum absolute atomic E-state index is 8.85. The molecule has 1 aliphatic rings. The average Bonchev–Trinajstić information content (AvgIpc) is 3.33. The molecule has 0 aliphatic heterocycles. The van der Waals surface area contributed by atoms with Crippen molar-refractivity contribution in [1.82, 2.24) is 29.7 Å². The van der Waals surface area contributed by atoms with E-state index in [1.807, 2.05) is 6.20 Å². The van der Waals surface area contributed by atoms with Crippen LogP contribution in [0.15, 0.2) is 18.6 Å². The molecule has 3 heterocycles. The lowest BCUT2D eigenvalue weighted by Crippen LogP contribution is -2.35. The Bertz CT molecular complexity index is 928. The molecule has 0 radical (unpaired) electrons. The third-order valence-electron chi connectivity index (χ3n) is 5.73. The van der Waals surface area contributed by atoms with Crippen LogP contribution in [-0.2, 0) is 0 Å². The van der Waals surface area contributed by atoms with E-state index in [9.17, 15) is 0 Å². The van der Waals surface area contributed by atoms with Crippen molar-refractivity contribution in [3.63, 3.8) is 0 Å². The van der Waals surface area contributed by atoms with Crippen molar-refractivity contribution < 1.29 is 0 Å². The largest absolute Gasteiger partial charge is 0.346 e. The molecule has 0 amide bonds. The van der Waals surface area contributed by atoms with Crippen LogP contribution in [0.1, 0.15) is 43.7 Å². The summed E-state index contributed by atoms with van der Waals surface area (Å²) in [6, 6.07) is 4.29. The normalized spacial score (nSPS) is 20.5. The van der Waals surface area contributed by atoms with Crippen LogP contribution < -0.4 is 5.73 Å². The highest BCUT2D eigenvalue weighted by atomic mass is 15.4. The summed E-state index contributed by atoms with van der Waals surface area (Å²) in [6.45, 7) is 3.38. The predicted molar refractivity (Wildman–Crippen MR) is 103 cm³/mol. The number of aromatic amines is 1. The lowest BCUT2D eigenvalue weighted by molar-refractivity contribution is 0.200. The molecule has 1 saturated carbocycles. The van der Waals surface area contributed by atoms with Crippen LogP contribution >= 0.6 is 0 Å². The standard InChI is InChI=1S/C19H26N8/c20-7-1-10-26(11-8-21)12-14-2-4-15(5-3-14)17-18-16-6-9-22-19(16)23-13-27(18)25-24-17/h6,9,13-15,22H,1-5,8,10-12,21H2/t14-,15-. The van der Waals surface area contributed by atoms with Crippen molar-refractivity contribution in [3.05, 3.63) is 24.3 Å². The Morgan fingerprint density at radius 1 is 1.30 bits per heavy atom. The van der Waals surface area contributed by atoms with E-state index in [4.69, 9.17) is 11.0 Å². The Hall–Kier alpha value is -2.50. The molecule has 0 bridgehead atoms. The summed E-state index contributed by atoms with van der Waals surface area (Å²) in [5, 5.41) is 18.7. The summed E-state index contributed by atoms with van der Waals surface area (Å²) < 4.78 is 1.79. The number of aromatic nitrogens is 5. The number of hydrogen-bond donors (Lipinski definition) is 2. The topological polar surface area (TPSA) is 112 Å². The fraction of sp³-hybridized carbons (Fsp3) is 0.579. The van der Waals surface area contributed by atoms with Gasteiger partial charge in [0.05, 0.1) is 11.8 Å². The molecule has 3 aromatic heterocycles. The first-order valence-corrected chi connectivity index (χ1v) is 9.76. The molecule has 0 saturated heterocycles. The van der Waals surface area contributed by atoms with Crippen molar-refractivity contribution in [2.75, 3.05) is 26.2 Å². The van der Waals surface area contributed by atoms with Gasteiger partial charge < -0.3 is 15.6 Å². The van der Waals surface area contributed by atoms with Gasteiger partial charge in [0.1, 0.15) is 17.5 Å². The first kappa shape index (κ1) is 17.9. The lowest BCUT2D eigenvalue weighted by Gasteiger charge is -2.32. The van der Waals surface area contributed by atoms with E-state index in [1.165, 1.54) is 12.8 Å². The van der Waals surface area contributed by atoms with Gasteiger partial charge in [0, 0.05) is 50.1 Å². The van der Waals surface area contributed by atoms with Gasteiger partial charge in [-0.2, -0.15) is 5.26 Å². The van der Waals surface area contributed by atoms with Gasteiger partial charge >= 0.3 is 0 Å². The summed E-state index contributed by atoms with van der Waals surface area (Å²) in [5.74, 6) is 1.11. The molecule has 1 aliphatic carbocycles. The van der Waals surface area contributed by atoms with Gasteiger partial charge in [-0.25, -0.2) is 9.50 Å². The van der Waals surface area contributed by atoms with E-state index in [2.05, 4.69) is 37.3 Å². The minimum Gasteiger partial charge on any atom is -0.346 e. The number of nitrogens with one attached hydrogen (secondary N) is 1. The first-order valence-electron chi connectivity index (χ1n) is 9.76. The van der Waals surface area contributed by atoms with Crippen molar-refractivity contribution in [1.29, 1.82) is 5.26 Å². The molecule has 8 nitrogen and oxygen atoms in total. The number of hydrogen-bond acceptors (Lipinski definition) is 6. The molecule has 3 aromatic rings. The summed E-state index contributed by atoms with van der Waals surface area (Å²) >= 11 is 0. The summed E-state index contributed by atoms with van der Waals surface area (Å²) in [6.07, 6.45) is 8.83. The van der Waals surface area contributed by atoms with Crippen molar-refractivity contribution in [3.8, 4) is 6.07 Å². The van der Waals surface area contributed by atoms with Gasteiger partial charge in [-0.15, -0.1) is 5.10 Å². The molecule has 27 heavy (non-hydrogen) atoms. The monoisotopic (exact) mass is 366 g/mol. The van der Waals surface area contributed by atoms with Crippen molar-refractivity contribution in [2.24, 2.45) is 11.7 Å². The summed E-state index contributed by atoms with van der Waals surface area (Å²) in [5.41, 5.74) is 8.80. The highest BCUT2D eigenvalue weighted by molar-refractivity contribution is 5.92. The lowest BCUT2D eigenvalue weighted by atomic mass is 9.80. The Balaban J connectivity index is 1.44. The number of H-pyrrole nitrogens is 1. The van der Waals surface area contributed by atoms with Gasteiger partial charge in [-0.3, -0.25) is 0 Å². The molecule has 8 heteroatoms. The number of nitriles is 1. The fourth-order valence-electron chi connectivity index (χ4n) is 4.36. The molecule has 0 aromatic carbocycles. The summed E-state index contributed by atoms with van der Waals surface area (Å²) in [4.78, 5) is 9.90. The van der Waals surface area contributed by atoms with Crippen molar-refractivity contribution >= 4 is 16.6 Å². The average molecular weight is 366 g/mol. The number of nitrogens with zero attached hydrogens (tertiary/aromatic N) is 6. The van der Waals surface area contributed by atoms with E-state index < -0.39 is 0 Å². The van der Waals surface area contributed by atoms with E-state index in [1.54, 1.807) is 10.8 Å². The van der Waals surface area contributed by atoms with E-state index in [-0.39, 0.29) is 0 Å². The zero-order valence-electron chi connectivity index (χ0n) is 15.5. The maximum Gasteiger partial charge on any atom is 0.141 e. The predicted octanol–water partition coefficient (Wildman–Crippen LogP) is 2.05. The van der Waals surface area contributed by atoms with Gasteiger partial charge in [0.25, 0.3) is 0 Å². The number of fused-ring (bicyclic) bond motifs is 3. The van der Waals surface area contributed by atoms with Gasteiger partial charge in [0.2, 0.25) is 0 Å². The molecular weight excluding hydrogens is 340 g/mol. The summed E-state index contributed by atoms with van der Waals surface area (Å²) in [7, 11) is 0. The minimum absolute atomic E-state index is 0.446. The third kappa shape index (κ3) is 3.66. The molecule has 3 N–H and O–H groups in total. The minimum atomic E-state index is 0.446. The second kappa shape index (κ2) is 8.03. The van der Waals surface area contributed by atoms with Crippen LogP contribution in [-0.4, -0.2) is 55.9 Å². The van der Waals surface area contributed by atoms with Gasteiger partial charge in [-0.1, -0.05) is 5.21 Å².